The second kappa shape index (κ2) is 10.0. The van der Waals surface area contributed by atoms with Gasteiger partial charge in [0.15, 0.2) is 11.5 Å². The quantitative estimate of drug-likeness (QED) is 0.682. The fourth-order valence-electron chi connectivity index (χ4n) is 2.28. The van der Waals surface area contributed by atoms with E-state index in [2.05, 4.69) is 17.0 Å². The summed E-state index contributed by atoms with van der Waals surface area (Å²) in [6.45, 7) is -0.829. The van der Waals surface area contributed by atoms with Crippen molar-refractivity contribution in [2.75, 3.05) is 18.2 Å². The molecule has 0 aromatic heterocycles. The second-order valence-electron chi connectivity index (χ2n) is 5.46. The zero-order chi connectivity index (χ0) is 18.9. The van der Waals surface area contributed by atoms with E-state index in [-0.39, 0.29) is 23.2 Å². The van der Waals surface area contributed by atoms with Gasteiger partial charge in [-0.25, -0.2) is 0 Å². The number of alkyl halides is 2. The lowest BCUT2D eigenvalue weighted by molar-refractivity contribution is -0.113. The summed E-state index contributed by atoms with van der Waals surface area (Å²) in [5, 5.41) is 2.84. The number of rotatable bonds is 9. The standard InChI is InChI=1S/C19H21F2NO3S/c1-3-13-4-7-15(8-5-13)22-18(23)12-26-11-14-6-9-16(25-19(20)21)17(10-14)24-2/h4-10,19H,3,11-12H2,1-2H3,(H,22,23). The molecule has 140 valence electrons. The lowest BCUT2D eigenvalue weighted by Crippen LogP contribution is -2.14. The van der Waals surface area contributed by atoms with Gasteiger partial charge >= 0.3 is 6.61 Å². The Balaban J connectivity index is 1.83. The maximum absolute atomic E-state index is 12.3. The lowest BCUT2D eigenvalue weighted by atomic mass is 10.1. The number of hydrogen-bond donors (Lipinski definition) is 1. The van der Waals surface area contributed by atoms with Gasteiger partial charge < -0.3 is 14.8 Å². The molecular formula is C19H21F2NO3S. The Bertz CT molecular complexity index is 723. The normalized spacial score (nSPS) is 10.7. The summed E-state index contributed by atoms with van der Waals surface area (Å²) in [5.41, 5.74) is 2.84. The van der Waals surface area contributed by atoms with E-state index in [0.717, 1.165) is 17.7 Å². The number of hydrogen-bond acceptors (Lipinski definition) is 4. The summed E-state index contributed by atoms with van der Waals surface area (Å²) < 4.78 is 34.1. The Morgan fingerprint density at radius 3 is 2.42 bits per heavy atom. The predicted octanol–water partition coefficient (Wildman–Crippen LogP) is 4.73. The summed E-state index contributed by atoms with van der Waals surface area (Å²) in [6, 6.07) is 12.5. The first-order valence-corrected chi connectivity index (χ1v) is 9.25. The number of carbonyl (C=O) groups is 1. The van der Waals surface area contributed by atoms with Gasteiger partial charge in [0.1, 0.15) is 0 Å². The van der Waals surface area contributed by atoms with Gasteiger partial charge in [0.2, 0.25) is 5.91 Å². The largest absolute Gasteiger partial charge is 0.493 e. The molecule has 0 spiro atoms. The monoisotopic (exact) mass is 381 g/mol. The lowest BCUT2D eigenvalue weighted by Gasteiger charge is -2.11. The molecule has 26 heavy (non-hydrogen) atoms. The summed E-state index contributed by atoms with van der Waals surface area (Å²) in [7, 11) is 1.39. The van der Waals surface area contributed by atoms with Crippen molar-refractivity contribution in [3.63, 3.8) is 0 Å². The SMILES string of the molecule is CCc1ccc(NC(=O)CSCc2ccc(OC(F)F)c(OC)c2)cc1. The highest BCUT2D eigenvalue weighted by Gasteiger charge is 2.11. The molecule has 0 heterocycles. The van der Waals surface area contributed by atoms with Crippen molar-refractivity contribution in [1.82, 2.24) is 0 Å². The van der Waals surface area contributed by atoms with Crippen molar-refractivity contribution in [3.05, 3.63) is 53.6 Å². The van der Waals surface area contributed by atoms with Gasteiger partial charge in [-0.3, -0.25) is 4.79 Å². The molecule has 0 atom stereocenters. The Hall–Kier alpha value is -2.28. The molecule has 0 saturated heterocycles. The van der Waals surface area contributed by atoms with Gasteiger partial charge in [-0.05, 0) is 41.8 Å². The molecule has 0 radical (unpaired) electrons. The third-order valence-electron chi connectivity index (χ3n) is 3.59. The van der Waals surface area contributed by atoms with Gasteiger partial charge in [-0.1, -0.05) is 25.1 Å². The van der Waals surface area contributed by atoms with Gasteiger partial charge in [0.05, 0.1) is 12.9 Å². The second-order valence-corrected chi connectivity index (χ2v) is 6.44. The first-order chi connectivity index (χ1) is 12.5. The van der Waals surface area contributed by atoms with Gasteiger partial charge in [-0.2, -0.15) is 8.78 Å². The smallest absolute Gasteiger partial charge is 0.387 e. The third kappa shape index (κ3) is 6.22. The van der Waals surface area contributed by atoms with Crippen LogP contribution in [0, 0.1) is 0 Å². The van der Waals surface area contributed by atoms with Crippen LogP contribution in [-0.2, 0) is 17.0 Å². The van der Waals surface area contributed by atoms with Crippen LogP contribution < -0.4 is 14.8 Å². The number of ether oxygens (including phenoxy) is 2. The molecule has 1 N–H and O–H groups in total. The highest BCUT2D eigenvalue weighted by Crippen LogP contribution is 2.30. The van der Waals surface area contributed by atoms with Crippen molar-refractivity contribution in [3.8, 4) is 11.5 Å². The Labute approximate surface area is 155 Å². The highest BCUT2D eigenvalue weighted by atomic mass is 32.2. The number of anilines is 1. The van der Waals surface area contributed by atoms with E-state index >= 15 is 0 Å². The molecule has 0 aliphatic heterocycles. The average molecular weight is 381 g/mol. The number of thioether (sulfide) groups is 1. The molecule has 0 fully saturated rings. The molecule has 1 amide bonds. The maximum Gasteiger partial charge on any atom is 0.387 e. The van der Waals surface area contributed by atoms with Crippen LogP contribution in [0.2, 0.25) is 0 Å². The number of aryl methyl sites for hydroxylation is 1. The molecule has 0 unspecified atom stereocenters. The first-order valence-electron chi connectivity index (χ1n) is 8.10. The molecular weight excluding hydrogens is 360 g/mol. The number of halogens is 2. The van der Waals surface area contributed by atoms with Crippen LogP contribution in [0.4, 0.5) is 14.5 Å². The zero-order valence-electron chi connectivity index (χ0n) is 14.6. The van der Waals surface area contributed by atoms with Crippen LogP contribution >= 0.6 is 11.8 Å². The summed E-state index contributed by atoms with van der Waals surface area (Å²) in [5.74, 6) is 0.970. The van der Waals surface area contributed by atoms with Crippen molar-refractivity contribution in [1.29, 1.82) is 0 Å². The Morgan fingerprint density at radius 2 is 1.81 bits per heavy atom. The van der Waals surface area contributed by atoms with Gasteiger partial charge in [0, 0.05) is 11.4 Å². The predicted molar refractivity (Wildman–Crippen MR) is 100 cm³/mol. The molecule has 0 saturated carbocycles. The number of nitrogens with one attached hydrogen (secondary N) is 1. The molecule has 0 aliphatic rings. The molecule has 2 rings (SSSR count). The molecule has 0 bridgehead atoms. The molecule has 2 aromatic carbocycles. The summed E-state index contributed by atoms with van der Waals surface area (Å²) in [4.78, 5) is 12.0. The van der Waals surface area contributed by atoms with Gasteiger partial charge in [-0.15, -0.1) is 11.8 Å². The summed E-state index contributed by atoms with van der Waals surface area (Å²) >= 11 is 1.42. The molecule has 7 heteroatoms. The topological polar surface area (TPSA) is 47.6 Å². The van der Waals surface area contributed by atoms with Crippen LogP contribution in [0.25, 0.3) is 0 Å². The first kappa shape index (κ1) is 20.0. The van der Waals surface area contributed by atoms with Crippen molar-refractivity contribution >= 4 is 23.4 Å². The van der Waals surface area contributed by atoms with E-state index < -0.39 is 6.61 Å². The number of benzene rings is 2. The average Bonchev–Trinajstić information content (AvgIpc) is 2.63. The van der Waals surface area contributed by atoms with Crippen LogP contribution in [-0.4, -0.2) is 25.4 Å². The number of methoxy groups -OCH3 is 1. The van der Waals surface area contributed by atoms with E-state index in [1.807, 2.05) is 24.3 Å². The zero-order valence-corrected chi connectivity index (χ0v) is 15.4. The van der Waals surface area contributed by atoms with E-state index in [9.17, 15) is 13.6 Å². The molecule has 4 nitrogen and oxygen atoms in total. The van der Waals surface area contributed by atoms with Crippen LogP contribution in [0.3, 0.4) is 0 Å². The number of carbonyl (C=O) groups excluding carboxylic acids is 1. The van der Waals surface area contributed by atoms with Crippen LogP contribution in [0.1, 0.15) is 18.1 Å². The van der Waals surface area contributed by atoms with Crippen LogP contribution in [0.15, 0.2) is 42.5 Å². The Kier molecular flexibility index (Phi) is 7.72. The fourth-order valence-corrected chi connectivity index (χ4v) is 3.05. The third-order valence-corrected chi connectivity index (χ3v) is 4.60. The maximum atomic E-state index is 12.3. The van der Waals surface area contributed by atoms with Crippen molar-refractivity contribution in [2.24, 2.45) is 0 Å². The highest BCUT2D eigenvalue weighted by molar-refractivity contribution is 7.99. The van der Waals surface area contributed by atoms with Crippen LogP contribution in [0.5, 0.6) is 11.5 Å². The minimum Gasteiger partial charge on any atom is -0.493 e. The minimum atomic E-state index is -2.90. The Morgan fingerprint density at radius 1 is 1.12 bits per heavy atom. The van der Waals surface area contributed by atoms with Crippen molar-refractivity contribution in [2.45, 2.75) is 25.7 Å². The van der Waals surface area contributed by atoms with E-state index in [4.69, 9.17) is 4.74 Å². The molecule has 2 aromatic rings. The minimum absolute atomic E-state index is 0.00970. The van der Waals surface area contributed by atoms with E-state index in [1.165, 1.54) is 30.5 Å². The molecule has 0 aliphatic carbocycles. The fraction of sp³-hybridized carbons (Fsp3) is 0.316. The number of amides is 1. The summed E-state index contributed by atoms with van der Waals surface area (Å²) in [6.07, 6.45) is 0.953. The van der Waals surface area contributed by atoms with Gasteiger partial charge in [0.25, 0.3) is 0 Å². The van der Waals surface area contributed by atoms with Crippen molar-refractivity contribution < 1.29 is 23.0 Å². The van der Waals surface area contributed by atoms with E-state index in [1.54, 1.807) is 12.1 Å². The van der Waals surface area contributed by atoms with E-state index in [0.29, 0.717) is 5.75 Å².